The molecule has 3 nitrogen and oxygen atoms in total. The second kappa shape index (κ2) is 5.10. The first kappa shape index (κ1) is 12.7. The predicted molar refractivity (Wildman–Crippen MR) is 65.1 cm³/mol. The van der Waals surface area contributed by atoms with Gasteiger partial charge in [-0.25, -0.2) is 0 Å². The molecule has 1 aromatic heterocycles. The second-order valence-electron chi connectivity index (χ2n) is 4.56. The fourth-order valence-electron chi connectivity index (χ4n) is 1.85. The lowest BCUT2D eigenvalue weighted by Crippen LogP contribution is -2.41. The molecule has 1 heterocycles. The van der Waals surface area contributed by atoms with Crippen LogP contribution in [0.4, 0.5) is 0 Å². The molecule has 0 aliphatic rings. The maximum absolute atomic E-state index is 11.6. The third-order valence-electron chi connectivity index (χ3n) is 2.61. The van der Waals surface area contributed by atoms with E-state index in [1.54, 1.807) is 6.20 Å². The van der Waals surface area contributed by atoms with Gasteiger partial charge >= 0.3 is 0 Å². The van der Waals surface area contributed by atoms with Crippen molar-refractivity contribution in [3.05, 3.63) is 29.6 Å². The Morgan fingerprint density at radius 2 is 2.19 bits per heavy atom. The van der Waals surface area contributed by atoms with Crippen LogP contribution in [-0.4, -0.2) is 10.9 Å². The summed E-state index contributed by atoms with van der Waals surface area (Å²) in [6.07, 6.45) is 3.21. The van der Waals surface area contributed by atoms with E-state index in [2.05, 4.69) is 10.3 Å². The molecule has 1 aromatic rings. The molecule has 0 bridgehead atoms. The molecule has 0 radical (unpaired) electrons. The molecule has 3 heteroatoms. The molecule has 16 heavy (non-hydrogen) atoms. The zero-order valence-corrected chi connectivity index (χ0v) is 10.5. The number of rotatable bonds is 4. The lowest BCUT2D eigenvalue weighted by molar-refractivity contribution is -0.122. The number of hydrogen-bond donors (Lipinski definition) is 1. The van der Waals surface area contributed by atoms with Crippen LogP contribution < -0.4 is 5.32 Å². The number of nitrogens with zero attached hydrogens (tertiary/aromatic N) is 1. The van der Waals surface area contributed by atoms with Gasteiger partial charge in [-0.2, -0.15) is 0 Å². The summed E-state index contributed by atoms with van der Waals surface area (Å²) in [7, 11) is 0. The quantitative estimate of drug-likeness (QED) is 0.847. The minimum Gasteiger partial charge on any atom is -0.347 e. The molecule has 0 spiro atoms. The maximum Gasteiger partial charge on any atom is 0.220 e. The highest BCUT2D eigenvalue weighted by Crippen LogP contribution is 2.22. The predicted octanol–water partition coefficient (Wildman–Crippen LogP) is 2.54. The highest BCUT2D eigenvalue weighted by Gasteiger charge is 2.24. The number of aryl methyl sites for hydroxylation is 1. The van der Waals surface area contributed by atoms with Crippen LogP contribution in [0.5, 0.6) is 0 Å². The van der Waals surface area contributed by atoms with Crippen molar-refractivity contribution >= 4 is 5.91 Å². The molecular weight excluding hydrogens is 200 g/mol. The van der Waals surface area contributed by atoms with Gasteiger partial charge in [0.1, 0.15) is 0 Å². The molecule has 0 saturated heterocycles. The van der Waals surface area contributed by atoms with Gasteiger partial charge in [-0.1, -0.05) is 13.0 Å². The Morgan fingerprint density at radius 3 is 2.75 bits per heavy atom. The Labute approximate surface area is 97.3 Å². The van der Waals surface area contributed by atoms with Crippen LogP contribution in [0.2, 0.25) is 0 Å². The van der Waals surface area contributed by atoms with Crippen LogP contribution in [0, 0.1) is 6.92 Å². The summed E-state index contributed by atoms with van der Waals surface area (Å²) in [6, 6.07) is 3.91. The van der Waals surface area contributed by atoms with Crippen LogP contribution >= 0.6 is 0 Å². The van der Waals surface area contributed by atoms with Crippen LogP contribution in [0.15, 0.2) is 18.3 Å². The van der Waals surface area contributed by atoms with E-state index in [1.807, 2.05) is 39.8 Å². The fraction of sp³-hybridized carbons (Fsp3) is 0.538. The first-order valence-electron chi connectivity index (χ1n) is 5.70. The lowest BCUT2D eigenvalue weighted by atomic mass is 9.93. The van der Waals surface area contributed by atoms with Gasteiger partial charge in [-0.3, -0.25) is 9.78 Å². The van der Waals surface area contributed by atoms with E-state index in [0.29, 0.717) is 6.42 Å². The van der Waals surface area contributed by atoms with Gasteiger partial charge in [-0.05, 0) is 38.8 Å². The van der Waals surface area contributed by atoms with Gasteiger partial charge < -0.3 is 5.32 Å². The first-order chi connectivity index (χ1) is 7.47. The molecule has 0 aliphatic heterocycles. The molecule has 0 atom stereocenters. The molecule has 1 amide bonds. The summed E-state index contributed by atoms with van der Waals surface area (Å²) in [5.41, 5.74) is 1.67. The van der Waals surface area contributed by atoms with Crippen LogP contribution in [0.25, 0.3) is 0 Å². The molecule has 1 rings (SSSR count). The average molecular weight is 220 g/mol. The van der Waals surface area contributed by atoms with Gasteiger partial charge in [0.25, 0.3) is 0 Å². The second-order valence-corrected chi connectivity index (χ2v) is 4.56. The monoisotopic (exact) mass is 220 g/mol. The van der Waals surface area contributed by atoms with Crippen molar-refractivity contribution in [1.29, 1.82) is 0 Å². The maximum atomic E-state index is 11.6. The largest absolute Gasteiger partial charge is 0.347 e. The number of carbonyl (C=O) groups excluding carboxylic acids is 1. The van der Waals surface area contributed by atoms with Crippen LogP contribution in [-0.2, 0) is 10.3 Å². The van der Waals surface area contributed by atoms with E-state index in [4.69, 9.17) is 0 Å². The molecule has 0 fully saturated rings. The third kappa shape index (κ3) is 3.05. The first-order valence-corrected chi connectivity index (χ1v) is 5.70. The Morgan fingerprint density at radius 1 is 1.50 bits per heavy atom. The SMILES string of the molecule is CCCC(=O)NC(C)(C)c1cccnc1C. The Bertz CT molecular complexity index is 372. The van der Waals surface area contributed by atoms with Gasteiger partial charge in [0.2, 0.25) is 5.91 Å². The number of hydrogen-bond acceptors (Lipinski definition) is 2. The lowest BCUT2D eigenvalue weighted by Gasteiger charge is -2.28. The highest BCUT2D eigenvalue weighted by molar-refractivity contribution is 5.76. The Kier molecular flexibility index (Phi) is 4.05. The van der Waals surface area contributed by atoms with Crippen molar-refractivity contribution in [3.63, 3.8) is 0 Å². The summed E-state index contributed by atoms with van der Waals surface area (Å²) < 4.78 is 0. The number of nitrogens with one attached hydrogen (secondary N) is 1. The van der Waals surface area contributed by atoms with Crippen molar-refractivity contribution in [2.24, 2.45) is 0 Å². The fourth-order valence-corrected chi connectivity index (χ4v) is 1.85. The van der Waals surface area contributed by atoms with Crippen molar-refractivity contribution in [2.45, 2.75) is 46.1 Å². The van der Waals surface area contributed by atoms with Crippen molar-refractivity contribution in [2.75, 3.05) is 0 Å². The standard InChI is InChI=1S/C13H20N2O/c1-5-7-12(16)15-13(3,4)11-8-6-9-14-10(11)2/h6,8-9H,5,7H2,1-4H3,(H,15,16). The minimum absolute atomic E-state index is 0.0933. The average Bonchev–Trinajstić information content (AvgIpc) is 2.17. The van der Waals surface area contributed by atoms with Crippen molar-refractivity contribution in [1.82, 2.24) is 10.3 Å². The molecule has 1 N–H and O–H groups in total. The van der Waals surface area contributed by atoms with Crippen molar-refractivity contribution < 1.29 is 4.79 Å². The summed E-state index contributed by atoms with van der Waals surface area (Å²) in [6.45, 7) is 7.97. The number of pyridine rings is 1. The molecule has 0 aliphatic carbocycles. The Hall–Kier alpha value is -1.38. The zero-order valence-electron chi connectivity index (χ0n) is 10.5. The highest BCUT2D eigenvalue weighted by atomic mass is 16.1. The summed E-state index contributed by atoms with van der Waals surface area (Å²) in [5.74, 6) is 0.0933. The van der Waals surface area contributed by atoms with E-state index >= 15 is 0 Å². The van der Waals surface area contributed by atoms with Gasteiger partial charge in [-0.15, -0.1) is 0 Å². The van der Waals surface area contributed by atoms with Crippen molar-refractivity contribution in [3.8, 4) is 0 Å². The summed E-state index contributed by atoms with van der Waals surface area (Å²) in [4.78, 5) is 15.9. The van der Waals surface area contributed by atoms with Gasteiger partial charge in [0.15, 0.2) is 0 Å². The number of carbonyl (C=O) groups is 1. The molecule has 0 aromatic carbocycles. The number of amides is 1. The van der Waals surface area contributed by atoms with Crippen LogP contribution in [0.1, 0.15) is 44.9 Å². The van der Waals surface area contributed by atoms with E-state index in [-0.39, 0.29) is 11.4 Å². The topological polar surface area (TPSA) is 42.0 Å². The normalized spacial score (nSPS) is 11.2. The van der Waals surface area contributed by atoms with Gasteiger partial charge in [0.05, 0.1) is 5.54 Å². The Balaban J connectivity index is 2.85. The summed E-state index contributed by atoms with van der Waals surface area (Å²) in [5, 5.41) is 3.04. The molecule has 0 saturated carbocycles. The third-order valence-corrected chi connectivity index (χ3v) is 2.61. The molecule has 0 unspecified atom stereocenters. The smallest absolute Gasteiger partial charge is 0.220 e. The number of aromatic nitrogens is 1. The summed E-state index contributed by atoms with van der Waals surface area (Å²) >= 11 is 0. The van der Waals surface area contributed by atoms with E-state index in [0.717, 1.165) is 17.7 Å². The molecular formula is C13H20N2O. The zero-order chi connectivity index (χ0) is 12.2. The molecule has 88 valence electrons. The van der Waals surface area contributed by atoms with E-state index in [1.165, 1.54) is 0 Å². The van der Waals surface area contributed by atoms with Crippen LogP contribution in [0.3, 0.4) is 0 Å². The minimum atomic E-state index is -0.357. The van der Waals surface area contributed by atoms with E-state index < -0.39 is 0 Å². The van der Waals surface area contributed by atoms with Gasteiger partial charge in [0, 0.05) is 18.3 Å². The van der Waals surface area contributed by atoms with E-state index in [9.17, 15) is 4.79 Å².